The number of halogens is 2. The van der Waals surface area contributed by atoms with Gasteiger partial charge in [-0.1, -0.05) is 47.5 Å². The number of primary amides is 1. The predicted molar refractivity (Wildman–Crippen MR) is 104 cm³/mol. The number of nitrogens with two attached hydrogens (primary N) is 1. The summed E-state index contributed by atoms with van der Waals surface area (Å²) in [5.41, 5.74) is 7.10. The van der Waals surface area contributed by atoms with Crippen molar-refractivity contribution in [2.45, 2.75) is 31.1 Å². The normalized spacial score (nSPS) is 19.9. The molecule has 0 bridgehead atoms. The molecule has 0 radical (unpaired) electrons. The molecule has 3 rings (SSSR count). The monoisotopic (exact) mass is 412 g/mol. The first-order valence-electron chi connectivity index (χ1n) is 8.05. The number of nitrogens with zero attached hydrogens (tertiary/aromatic N) is 1. The van der Waals surface area contributed by atoms with Crippen LogP contribution < -0.4 is 10.0 Å². The first-order valence-corrected chi connectivity index (χ1v) is 10.4. The summed E-state index contributed by atoms with van der Waals surface area (Å²) in [7, 11) is -3.73. The van der Waals surface area contributed by atoms with Gasteiger partial charge in [0.2, 0.25) is 15.9 Å². The zero-order valence-electron chi connectivity index (χ0n) is 14.0. The van der Waals surface area contributed by atoms with Crippen LogP contribution in [0.4, 0.5) is 5.69 Å². The molecule has 2 aromatic rings. The molecule has 1 heterocycles. The standard InChI is InChI=1S/C18H18Cl2N2O3S/c1-11-8-15(18(21)23)14-4-2-3-5-17(14)22(11)26(24,25)10-12-6-7-13(19)9-16(12)20/h2-7,9,11,15H,8,10H2,1H3,(H2,21,23)/t11-,15-/m0/s1. The number of anilines is 1. The van der Waals surface area contributed by atoms with Gasteiger partial charge in [-0.2, -0.15) is 0 Å². The van der Waals surface area contributed by atoms with Gasteiger partial charge in [-0.25, -0.2) is 8.42 Å². The number of carbonyl (C=O) groups excluding carboxylic acids is 1. The number of fused-ring (bicyclic) bond motifs is 1. The van der Waals surface area contributed by atoms with Gasteiger partial charge in [0.25, 0.3) is 0 Å². The fraction of sp³-hybridized carbons (Fsp3) is 0.278. The highest BCUT2D eigenvalue weighted by Crippen LogP contribution is 2.40. The molecule has 0 aromatic heterocycles. The molecule has 1 amide bonds. The highest BCUT2D eigenvalue weighted by Gasteiger charge is 2.38. The van der Waals surface area contributed by atoms with Crippen LogP contribution in [0.2, 0.25) is 10.0 Å². The molecular formula is C18H18Cl2N2O3S. The quantitative estimate of drug-likeness (QED) is 0.830. The summed E-state index contributed by atoms with van der Waals surface area (Å²) in [6, 6.07) is 11.3. The Morgan fingerprint density at radius 1 is 1.23 bits per heavy atom. The van der Waals surface area contributed by atoms with Crippen LogP contribution in [0.15, 0.2) is 42.5 Å². The highest BCUT2D eigenvalue weighted by molar-refractivity contribution is 7.92. The Hall–Kier alpha value is -1.76. The van der Waals surface area contributed by atoms with Crippen molar-refractivity contribution in [1.82, 2.24) is 0 Å². The van der Waals surface area contributed by atoms with Crippen molar-refractivity contribution in [2.75, 3.05) is 4.31 Å². The van der Waals surface area contributed by atoms with Crippen molar-refractivity contribution in [3.05, 3.63) is 63.6 Å². The van der Waals surface area contributed by atoms with Gasteiger partial charge in [-0.05, 0) is 42.7 Å². The van der Waals surface area contributed by atoms with Crippen molar-refractivity contribution in [2.24, 2.45) is 5.73 Å². The predicted octanol–water partition coefficient (Wildman–Crippen LogP) is 3.69. The molecular weight excluding hydrogens is 395 g/mol. The molecule has 0 saturated carbocycles. The number of sulfonamides is 1. The second kappa shape index (κ2) is 7.10. The summed E-state index contributed by atoms with van der Waals surface area (Å²) >= 11 is 12.0. The van der Waals surface area contributed by atoms with Crippen LogP contribution in [0.1, 0.15) is 30.4 Å². The second-order valence-corrected chi connectivity index (χ2v) is 9.08. The van der Waals surface area contributed by atoms with E-state index in [1.54, 1.807) is 43.3 Å². The molecule has 0 fully saturated rings. The maximum absolute atomic E-state index is 13.2. The maximum Gasteiger partial charge on any atom is 0.239 e. The number of rotatable bonds is 4. The van der Waals surface area contributed by atoms with Crippen LogP contribution >= 0.6 is 23.2 Å². The Kier molecular flexibility index (Phi) is 5.19. The van der Waals surface area contributed by atoms with Crippen molar-refractivity contribution in [3.63, 3.8) is 0 Å². The van der Waals surface area contributed by atoms with E-state index in [1.165, 1.54) is 10.4 Å². The number of para-hydroxylation sites is 1. The van der Waals surface area contributed by atoms with Crippen LogP contribution in [0, 0.1) is 0 Å². The van der Waals surface area contributed by atoms with Crippen LogP contribution in [-0.2, 0) is 20.6 Å². The summed E-state index contributed by atoms with van der Waals surface area (Å²) in [6.45, 7) is 1.77. The van der Waals surface area contributed by atoms with Gasteiger partial charge in [0, 0.05) is 16.1 Å². The topological polar surface area (TPSA) is 80.5 Å². The van der Waals surface area contributed by atoms with E-state index in [0.717, 1.165) is 0 Å². The van der Waals surface area contributed by atoms with Gasteiger partial charge in [0.15, 0.2) is 0 Å². The smallest absolute Gasteiger partial charge is 0.239 e. The lowest BCUT2D eigenvalue weighted by Gasteiger charge is -2.39. The van der Waals surface area contributed by atoms with Crippen molar-refractivity contribution >= 4 is 44.8 Å². The first-order chi connectivity index (χ1) is 12.2. The SMILES string of the molecule is C[C@H]1C[C@H](C(N)=O)c2ccccc2N1S(=O)(=O)Cc1ccc(Cl)cc1Cl. The Bertz CT molecular complexity index is 963. The Morgan fingerprint density at radius 3 is 2.58 bits per heavy atom. The van der Waals surface area contributed by atoms with Crippen LogP contribution in [0.5, 0.6) is 0 Å². The van der Waals surface area contributed by atoms with Gasteiger partial charge in [0.1, 0.15) is 0 Å². The van der Waals surface area contributed by atoms with Crippen LogP contribution in [0.3, 0.4) is 0 Å². The summed E-state index contributed by atoms with van der Waals surface area (Å²) in [4.78, 5) is 11.8. The molecule has 2 aromatic carbocycles. The third-order valence-electron chi connectivity index (χ3n) is 4.52. The Labute approximate surface area is 162 Å². The minimum absolute atomic E-state index is 0.261. The molecule has 1 aliphatic rings. The van der Waals surface area contributed by atoms with Crippen molar-refractivity contribution < 1.29 is 13.2 Å². The molecule has 2 atom stereocenters. The second-order valence-electron chi connectivity index (χ2n) is 6.39. The minimum atomic E-state index is -3.73. The van der Waals surface area contributed by atoms with Crippen LogP contribution in [-0.4, -0.2) is 20.4 Å². The van der Waals surface area contributed by atoms with E-state index < -0.39 is 27.9 Å². The van der Waals surface area contributed by atoms with E-state index >= 15 is 0 Å². The number of hydrogen-bond acceptors (Lipinski definition) is 3. The lowest BCUT2D eigenvalue weighted by Crippen LogP contribution is -2.45. The molecule has 8 heteroatoms. The minimum Gasteiger partial charge on any atom is -0.369 e. The molecule has 0 aliphatic carbocycles. The van der Waals surface area contributed by atoms with E-state index in [-0.39, 0.29) is 5.75 Å². The highest BCUT2D eigenvalue weighted by atomic mass is 35.5. The summed E-state index contributed by atoms with van der Waals surface area (Å²) in [6.07, 6.45) is 0.333. The third-order valence-corrected chi connectivity index (χ3v) is 6.94. The summed E-state index contributed by atoms with van der Waals surface area (Å²) < 4.78 is 27.7. The van der Waals surface area contributed by atoms with E-state index in [2.05, 4.69) is 0 Å². The number of benzene rings is 2. The molecule has 1 aliphatic heterocycles. The fourth-order valence-electron chi connectivity index (χ4n) is 3.38. The number of hydrogen-bond donors (Lipinski definition) is 1. The Morgan fingerprint density at radius 2 is 1.92 bits per heavy atom. The third kappa shape index (κ3) is 3.54. The Balaban J connectivity index is 2.03. The van der Waals surface area contributed by atoms with Crippen molar-refractivity contribution in [1.29, 1.82) is 0 Å². The zero-order chi connectivity index (χ0) is 19.1. The van der Waals surface area contributed by atoms with E-state index in [4.69, 9.17) is 28.9 Å². The molecule has 26 heavy (non-hydrogen) atoms. The average Bonchev–Trinajstić information content (AvgIpc) is 2.56. The average molecular weight is 413 g/mol. The fourth-order valence-corrected chi connectivity index (χ4v) is 5.82. The van der Waals surface area contributed by atoms with E-state index in [9.17, 15) is 13.2 Å². The molecule has 0 spiro atoms. The van der Waals surface area contributed by atoms with Crippen molar-refractivity contribution in [3.8, 4) is 0 Å². The van der Waals surface area contributed by atoms with E-state index in [1.807, 2.05) is 0 Å². The zero-order valence-corrected chi connectivity index (χ0v) is 16.4. The molecule has 5 nitrogen and oxygen atoms in total. The number of amides is 1. The summed E-state index contributed by atoms with van der Waals surface area (Å²) in [5, 5.41) is 0.742. The largest absolute Gasteiger partial charge is 0.369 e. The molecule has 2 N–H and O–H groups in total. The van der Waals surface area contributed by atoms with E-state index in [0.29, 0.717) is 33.3 Å². The lowest BCUT2D eigenvalue weighted by molar-refractivity contribution is -0.119. The van der Waals surface area contributed by atoms with Gasteiger partial charge in [-0.3, -0.25) is 9.10 Å². The summed E-state index contributed by atoms with van der Waals surface area (Å²) in [5.74, 6) is -1.23. The van der Waals surface area contributed by atoms with Gasteiger partial charge in [0.05, 0.1) is 17.4 Å². The van der Waals surface area contributed by atoms with Gasteiger partial charge >= 0.3 is 0 Å². The molecule has 0 unspecified atom stereocenters. The molecule has 138 valence electrons. The molecule has 0 saturated heterocycles. The maximum atomic E-state index is 13.2. The lowest BCUT2D eigenvalue weighted by atomic mass is 9.87. The van der Waals surface area contributed by atoms with Crippen LogP contribution in [0.25, 0.3) is 0 Å². The number of carbonyl (C=O) groups is 1. The first kappa shape index (κ1) is 19.0. The van der Waals surface area contributed by atoms with Gasteiger partial charge < -0.3 is 5.73 Å². The van der Waals surface area contributed by atoms with Gasteiger partial charge in [-0.15, -0.1) is 0 Å².